The number of thiophene rings is 1. The van der Waals surface area contributed by atoms with Crippen LogP contribution in [0, 0.1) is 5.82 Å². The van der Waals surface area contributed by atoms with E-state index in [1.165, 1.54) is 21.9 Å². The second-order valence-corrected chi connectivity index (χ2v) is 10.0. The molecule has 1 aliphatic heterocycles. The average molecular weight is 511 g/mol. The molecule has 2 amide bonds. The van der Waals surface area contributed by atoms with Crippen molar-refractivity contribution in [2.45, 2.75) is 12.5 Å². The van der Waals surface area contributed by atoms with Gasteiger partial charge < -0.3 is 9.80 Å². The van der Waals surface area contributed by atoms with Gasteiger partial charge in [-0.25, -0.2) is 4.39 Å². The predicted octanol–water partition coefficient (Wildman–Crippen LogP) is 6.36. The molecular weight excluding hydrogens is 483 g/mol. The standard InChI is InChI=1S/C31H27FN2O2S/c1-2-18-33(31(36)25-10-8-23(9-11-25)22-6-4-3-5-7-22)21-29(35)34-19-16-28-27(17-20-37-28)30(34)24-12-14-26(32)15-13-24/h2-15,17,20,30H,1,16,18-19,21H2/t30-/m0/s1. The summed E-state index contributed by atoms with van der Waals surface area (Å²) < 4.78 is 13.6. The van der Waals surface area contributed by atoms with E-state index in [1.54, 1.807) is 41.7 Å². The van der Waals surface area contributed by atoms with E-state index in [2.05, 4.69) is 6.58 Å². The molecule has 0 radical (unpaired) electrons. The number of hydrogen-bond acceptors (Lipinski definition) is 3. The normalized spacial score (nSPS) is 14.6. The summed E-state index contributed by atoms with van der Waals surface area (Å²) >= 11 is 1.67. The van der Waals surface area contributed by atoms with E-state index in [4.69, 9.17) is 0 Å². The van der Waals surface area contributed by atoms with Crippen LogP contribution in [0.3, 0.4) is 0 Å². The highest BCUT2D eigenvalue weighted by molar-refractivity contribution is 7.10. The summed E-state index contributed by atoms with van der Waals surface area (Å²) in [6.07, 6.45) is 2.39. The predicted molar refractivity (Wildman–Crippen MR) is 146 cm³/mol. The molecule has 6 heteroatoms. The van der Waals surface area contributed by atoms with Crippen molar-refractivity contribution in [2.75, 3.05) is 19.6 Å². The number of nitrogens with zero attached hydrogens (tertiary/aromatic N) is 2. The maximum absolute atomic E-state index is 13.7. The van der Waals surface area contributed by atoms with Gasteiger partial charge in [-0.3, -0.25) is 9.59 Å². The van der Waals surface area contributed by atoms with Crippen molar-refractivity contribution in [1.82, 2.24) is 9.80 Å². The number of amides is 2. The molecule has 2 heterocycles. The fourth-order valence-corrected chi connectivity index (χ4v) is 5.74. The Morgan fingerprint density at radius 2 is 1.68 bits per heavy atom. The fourth-order valence-electron chi connectivity index (χ4n) is 4.84. The molecule has 0 N–H and O–H groups in total. The summed E-state index contributed by atoms with van der Waals surface area (Å²) in [6.45, 7) is 4.52. The molecule has 0 spiro atoms. The molecule has 186 valence electrons. The third kappa shape index (κ3) is 5.25. The maximum Gasteiger partial charge on any atom is 0.254 e. The highest BCUT2D eigenvalue weighted by atomic mass is 32.1. The lowest BCUT2D eigenvalue weighted by atomic mass is 9.93. The lowest BCUT2D eigenvalue weighted by Gasteiger charge is -2.37. The van der Waals surface area contributed by atoms with Crippen LogP contribution < -0.4 is 0 Å². The highest BCUT2D eigenvalue weighted by Gasteiger charge is 2.34. The van der Waals surface area contributed by atoms with Gasteiger partial charge in [0.25, 0.3) is 5.91 Å². The molecule has 0 saturated carbocycles. The lowest BCUT2D eigenvalue weighted by molar-refractivity contribution is -0.133. The second kappa shape index (κ2) is 10.9. The van der Waals surface area contributed by atoms with Crippen LogP contribution in [-0.2, 0) is 11.2 Å². The molecule has 1 aromatic heterocycles. The Morgan fingerprint density at radius 1 is 0.973 bits per heavy atom. The number of fused-ring (bicyclic) bond motifs is 1. The lowest BCUT2D eigenvalue weighted by Crippen LogP contribution is -2.46. The van der Waals surface area contributed by atoms with E-state index >= 15 is 0 Å². The second-order valence-electron chi connectivity index (χ2n) is 9.01. The first kappa shape index (κ1) is 24.7. The van der Waals surface area contributed by atoms with Gasteiger partial charge in [0, 0.05) is 23.5 Å². The number of carbonyl (C=O) groups is 2. The SMILES string of the molecule is C=CCN(CC(=O)N1CCc2sccc2[C@@H]1c1ccc(F)cc1)C(=O)c1ccc(-c2ccccc2)cc1. The zero-order chi connectivity index (χ0) is 25.8. The van der Waals surface area contributed by atoms with E-state index in [9.17, 15) is 14.0 Å². The molecule has 37 heavy (non-hydrogen) atoms. The minimum absolute atomic E-state index is 0.0670. The van der Waals surface area contributed by atoms with Crippen molar-refractivity contribution >= 4 is 23.2 Å². The maximum atomic E-state index is 13.7. The Bertz CT molecular complexity index is 1400. The van der Waals surface area contributed by atoms with E-state index in [-0.39, 0.29) is 36.8 Å². The third-order valence-corrected chi connectivity index (χ3v) is 7.67. The van der Waals surface area contributed by atoms with Crippen LogP contribution >= 0.6 is 11.3 Å². The first-order valence-electron chi connectivity index (χ1n) is 12.2. The zero-order valence-corrected chi connectivity index (χ0v) is 21.2. The highest BCUT2D eigenvalue weighted by Crippen LogP contribution is 2.38. The van der Waals surface area contributed by atoms with Crippen LogP contribution in [0.1, 0.15) is 32.4 Å². The van der Waals surface area contributed by atoms with Gasteiger partial charge in [-0.15, -0.1) is 17.9 Å². The monoisotopic (exact) mass is 510 g/mol. The minimum atomic E-state index is -0.316. The van der Waals surface area contributed by atoms with Gasteiger partial charge >= 0.3 is 0 Å². The van der Waals surface area contributed by atoms with Crippen LogP contribution in [-0.4, -0.2) is 41.2 Å². The molecule has 0 saturated heterocycles. The number of rotatable bonds is 7. The molecule has 0 unspecified atom stereocenters. The van der Waals surface area contributed by atoms with E-state index < -0.39 is 0 Å². The van der Waals surface area contributed by atoms with Crippen molar-refractivity contribution in [2.24, 2.45) is 0 Å². The molecule has 4 nitrogen and oxygen atoms in total. The third-order valence-electron chi connectivity index (χ3n) is 6.67. The Hall–Kier alpha value is -4.03. The van der Waals surface area contributed by atoms with E-state index in [0.29, 0.717) is 12.1 Å². The van der Waals surface area contributed by atoms with E-state index in [1.807, 2.05) is 58.8 Å². The van der Waals surface area contributed by atoms with Crippen LogP contribution in [0.25, 0.3) is 11.1 Å². The topological polar surface area (TPSA) is 40.6 Å². The summed E-state index contributed by atoms with van der Waals surface area (Å²) in [5.41, 5.74) is 4.53. The molecule has 1 atom stereocenters. The summed E-state index contributed by atoms with van der Waals surface area (Å²) in [5, 5.41) is 2.03. The Balaban J connectivity index is 1.37. The van der Waals surface area contributed by atoms with Crippen molar-refractivity contribution in [1.29, 1.82) is 0 Å². The van der Waals surface area contributed by atoms with Crippen LogP contribution in [0.5, 0.6) is 0 Å². The van der Waals surface area contributed by atoms with Crippen molar-refractivity contribution < 1.29 is 14.0 Å². The summed E-state index contributed by atoms with van der Waals surface area (Å²) in [6, 6.07) is 25.4. The molecular formula is C31H27FN2O2S. The summed E-state index contributed by atoms with van der Waals surface area (Å²) in [5.74, 6) is -0.689. The Morgan fingerprint density at radius 3 is 2.38 bits per heavy atom. The first-order chi connectivity index (χ1) is 18.0. The molecule has 4 aromatic rings. The smallest absolute Gasteiger partial charge is 0.254 e. The summed E-state index contributed by atoms with van der Waals surface area (Å²) in [4.78, 5) is 31.6. The van der Waals surface area contributed by atoms with Gasteiger partial charge in [-0.1, -0.05) is 60.7 Å². The van der Waals surface area contributed by atoms with Crippen molar-refractivity contribution in [3.63, 3.8) is 0 Å². The molecule has 3 aromatic carbocycles. The first-order valence-corrected chi connectivity index (χ1v) is 13.1. The van der Waals surface area contributed by atoms with Gasteiger partial charge in [-0.05, 0) is 64.4 Å². The van der Waals surface area contributed by atoms with Gasteiger partial charge in [0.05, 0.1) is 6.04 Å². The van der Waals surface area contributed by atoms with Crippen LogP contribution in [0.4, 0.5) is 4.39 Å². The fraction of sp³-hybridized carbons (Fsp3) is 0.161. The number of halogens is 1. The van der Waals surface area contributed by atoms with Gasteiger partial charge in [-0.2, -0.15) is 0 Å². The van der Waals surface area contributed by atoms with Gasteiger partial charge in [0.2, 0.25) is 5.91 Å². The molecule has 0 aliphatic carbocycles. The van der Waals surface area contributed by atoms with E-state index in [0.717, 1.165) is 28.7 Å². The van der Waals surface area contributed by atoms with Crippen LogP contribution in [0.15, 0.2) is 103 Å². The zero-order valence-electron chi connectivity index (χ0n) is 20.3. The number of carbonyl (C=O) groups excluding carboxylic acids is 2. The summed E-state index contributed by atoms with van der Waals surface area (Å²) in [7, 11) is 0. The Kier molecular flexibility index (Phi) is 7.28. The minimum Gasteiger partial charge on any atom is -0.330 e. The van der Waals surface area contributed by atoms with Gasteiger partial charge in [0.1, 0.15) is 12.4 Å². The van der Waals surface area contributed by atoms with Crippen molar-refractivity contribution in [3.05, 3.63) is 130 Å². The Labute approximate surface area is 220 Å². The van der Waals surface area contributed by atoms with Crippen LogP contribution in [0.2, 0.25) is 0 Å². The largest absolute Gasteiger partial charge is 0.330 e. The molecule has 0 fully saturated rings. The molecule has 5 rings (SSSR count). The number of benzene rings is 3. The average Bonchev–Trinajstić information content (AvgIpc) is 3.42. The van der Waals surface area contributed by atoms with Gasteiger partial charge in [0.15, 0.2) is 0 Å². The van der Waals surface area contributed by atoms with Crippen molar-refractivity contribution in [3.8, 4) is 11.1 Å². The quantitative estimate of drug-likeness (QED) is 0.272. The molecule has 0 bridgehead atoms. The molecule has 1 aliphatic rings. The number of hydrogen-bond donors (Lipinski definition) is 0.